The van der Waals surface area contributed by atoms with Crippen LogP contribution in [0.5, 0.6) is 0 Å². The Balaban J connectivity index is 1.53. The molecule has 0 atom stereocenters. The van der Waals surface area contributed by atoms with E-state index in [0.717, 1.165) is 18.7 Å². The Morgan fingerprint density at radius 1 is 1.28 bits per heavy atom. The number of nitrogens with one attached hydrogen (secondary N) is 2. The van der Waals surface area contributed by atoms with Gasteiger partial charge < -0.3 is 20.1 Å². The van der Waals surface area contributed by atoms with Crippen LogP contribution in [-0.4, -0.2) is 63.9 Å². The van der Waals surface area contributed by atoms with Gasteiger partial charge in [0.1, 0.15) is 11.3 Å². The molecule has 2 aliphatic rings. The molecule has 2 aromatic heterocycles. The Morgan fingerprint density at radius 3 is 2.72 bits per heavy atom. The molecule has 2 N–H and O–H groups in total. The van der Waals surface area contributed by atoms with Crippen molar-refractivity contribution in [3.63, 3.8) is 0 Å². The van der Waals surface area contributed by atoms with E-state index in [0.29, 0.717) is 48.9 Å². The minimum Gasteiger partial charge on any atom is -0.352 e. The van der Waals surface area contributed by atoms with E-state index >= 15 is 0 Å². The highest BCUT2D eigenvalue weighted by molar-refractivity contribution is 6.04. The average molecular weight is 340 g/mol. The van der Waals surface area contributed by atoms with Crippen LogP contribution < -0.4 is 10.2 Å². The zero-order valence-electron chi connectivity index (χ0n) is 13.9. The number of aromatic amines is 1. The fourth-order valence-electron chi connectivity index (χ4n) is 2.98. The number of aromatic nitrogens is 3. The summed E-state index contributed by atoms with van der Waals surface area (Å²) in [6.07, 6.45) is 6.78. The molecule has 0 unspecified atom stereocenters. The Morgan fingerprint density at radius 2 is 2.04 bits per heavy atom. The largest absolute Gasteiger partial charge is 0.352 e. The third-order valence-corrected chi connectivity index (χ3v) is 4.62. The number of carbonyl (C=O) groups excluding carboxylic acids is 2. The minimum absolute atomic E-state index is 0.0501. The Kier molecular flexibility index (Phi) is 3.87. The number of H-pyrrole nitrogens is 1. The summed E-state index contributed by atoms with van der Waals surface area (Å²) in [6, 6.07) is 0.295. The molecule has 4 rings (SSSR count). The average Bonchev–Trinajstić information content (AvgIpc) is 3.36. The van der Waals surface area contributed by atoms with Gasteiger partial charge in [-0.15, -0.1) is 0 Å². The molecule has 8 heteroatoms. The molecule has 2 fully saturated rings. The van der Waals surface area contributed by atoms with E-state index in [1.54, 1.807) is 17.3 Å². The lowest BCUT2D eigenvalue weighted by atomic mass is 10.2. The van der Waals surface area contributed by atoms with E-state index in [1.165, 1.54) is 6.08 Å². The van der Waals surface area contributed by atoms with Crippen molar-refractivity contribution in [1.29, 1.82) is 0 Å². The second-order valence-corrected chi connectivity index (χ2v) is 6.39. The van der Waals surface area contributed by atoms with E-state index in [9.17, 15) is 9.59 Å². The van der Waals surface area contributed by atoms with Crippen molar-refractivity contribution in [3.05, 3.63) is 30.6 Å². The van der Waals surface area contributed by atoms with Crippen molar-refractivity contribution >= 4 is 28.8 Å². The molecule has 8 nitrogen and oxygen atoms in total. The molecule has 0 radical (unpaired) electrons. The van der Waals surface area contributed by atoms with E-state index in [4.69, 9.17) is 0 Å². The highest BCUT2D eigenvalue weighted by Gasteiger charge is 2.26. The monoisotopic (exact) mass is 340 g/mol. The summed E-state index contributed by atoms with van der Waals surface area (Å²) in [5, 5.41) is 2.98. The third-order valence-electron chi connectivity index (χ3n) is 4.62. The number of piperazine rings is 1. The number of hydrogen-bond acceptors (Lipinski definition) is 5. The molecular formula is C17H20N6O2. The highest BCUT2D eigenvalue weighted by Crippen LogP contribution is 2.22. The van der Waals surface area contributed by atoms with Gasteiger partial charge in [-0.05, 0) is 18.9 Å². The molecule has 2 amide bonds. The predicted molar refractivity (Wildman–Crippen MR) is 93.4 cm³/mol. The van der Waals surface area contributed by atoms with Crippen molar-refractivity contribution < 1.29 is 9.59 Å². The third kappa shape index (κ3) is 3.07. The number of rotatable bonds is 4. The predicted octanol–water partition coefficient (Wildman–Crippen LogP) is 0.685. The fourth-order valence-corrected chi connectivity index (χ4v) is 2.98. The molecule has 0 bridgehead atoms. The lowest BCUT2D eigenvalue weighted by Crippen LogP contribution is -2.48. The van der Waals surface area contributed by atoms with Crippen LogP contribution in [0.15, 0.2) is 25.0 Å². The first-order chi connectivity index (χ1) is 12.2. The zero-order chi connectivity index (χ0) is 17.4. The van der Waals surface area contributed by atoms with E-state index in [2.05, 4.69) is 31.7 Å². The van der Waals surface area contributed by atoms with Gasteiger partial charge >= 0.3 is 0 Å². The van der Waals surface area contributed by atoms with Crippen molar-refractivity contribution in [2.45, 2.75) is 18.9 Å². The second kappa shape index (κ2) is 6.19. The first-order valence-corrected chi connectivity index (χ1v) is 8.47. The molecule has 1 aliphatic heterocycles. The highest BCUT2D eigenvalue weighted by atomic mass is 16.2. The number of nitrogens with zero attached hydrogens (tertiary/aromatic N) is 4. The summed E-state index contributed by atoms with van der Waals surface area (Å²) in [5.74, 6) is 0.561. The molecule has 3 heterocycles. The summed E-state index contributed by atoms with van der Waals surface area (Å²) in [4.78, 5) is 39.9. The summed E-state index contributed by atoms with van der Waals surface area (Å²) < 4.78 is 0. The molecule has 1 saturated carbocycles. The molecule has 130 valence electrons. The molecule has 25 heavy (non-hydrogen) atoms. The molecule has 0 spiro atoms. The molecule has 1 saturated heterocycles. The maximum absolute atomic E-state index is 12.3. The van der Waals surface area contributed by atoms with Gasteiger partial charge in [0, 0.05) is 38.4 Å². The minimum atomic E-state index is -0.110. The van der Waals surface area contributed by atoms with Crippen molar-refractivity contribution in [2.75, 3.05) is 31.1 Å². The smallest absolute Gasteiger partial charge is 0.255 e. The molecule has 2 aromatic rings. The quantitative estimate of drug-likeness (QED) is 0.799. The van der Waals surface area contributed by atoms with Crippen LogP contribution in [0.3, 0.4) is 0 Å². The van der Waals surface area contributed by atoms with Crippen LogP contribution in [0, 0.1) is 0 Å². The second-order valence-electron chi connectivity index (χ2n) is 6.39. The molecular weight excluding hydrogens is 320 g/mol. The van der Waals surface area contributed by atoms with Crippen molar-refractivity contribution in [1.82, 2.24) is 25.2 Å². The van der Waals surface area contributed by atoms with Crippen LogP contribution in [0.25, 0.3) is 11.2 Å². The first-order valence-electron chi connectivity index (χ1n) is 8.47. The van der Waals surface area contributed by atoms with Gasteiger partial charge in [-0.3, -0.25) is 9.59 Å². The number of anilines is 1. The number of hydrogen-bond donors (Lipinski definition) is 2. The van der Waals surface area contributed by atoms with Gasteiger partial charge in [-0.1, -0.05) is 6.58 Å². The summed E-state index contributed by atoms with van der Waals surface area (Å²) in [7, 11) is 0. The number of amides is 2. The van der Waals surface area contributed by atoms with Crippen molar-refractivity contribution in [2.24, 2.45) is 0 Å². The topological polar surface area (TPSA) is 94.2 Å². The summed E-state index contributed by atoms with van der Waals surface area (Å²) in [5.41, 5.74) is 1.71. The van der Waals surface area contributed by atoms with Crippen LogP contribution in [-0.2, 0) is 4.79 Å². The van der Waals surface area contributed by atoms with Gasteiger partial charge in [0.15, 0.2) is 5.65 Å². The molecule has 1 aliphatic carbocycles. The SMILES string of the molecule is C=CC(=O)N1CCN(c2cnc3[nH]cc(C(=O)NC4CC4)c3n2)CC1. The zero-order valence-corrected chi connectivity index (χ0v) is 13.9. The van der Waals surface area contributed by atoms with Crippen molar-refractivity contribution in [3.8, 4) is 0 Å². The van der Waals surface area contributed by atoms with Crippen LogP contribution >= 0.6 is 0 Å². The van der Waals surface area contributed by atoms with Gasteiger partial charge in [0.05, 0.1) is 11.8 Å². The standard InChI is InChI=1S/C17H20N6O2/c1-2-14(24)23-7-5-22(6-8-23)13-10-19-16-15(21-13)12(9-18-16)17(25)20-11-3-4-11/h2,9-11H,1,3-8H2,(H,18,19)(H,20,25). The van der Waals surface area contributed by atoms with Gasteiger partial charge in [-0.2, -0.15) is 0 Å². The Labute approximate surface area is 144 Å². The van der Waals surface area contributed by atoms with Crippen LogP contribution in [0.2, 0.25) is 0 Å². The van der Waals surface area contributed by atoms with E-state index in [1.807, 2.05) is 0 Å². The van der Waals surface area contributed by atoms with Gasteiger partial charge in [0.2, 0.25) is 5.91 Å². The van der Waals surface area contributed by atoms with Crippen LogP contribution in [0.1, 0.15) is 23.2 Å². The maximum atomic E-state index is 12.3. The lowest BCUT2D eigenvalue weighted by Gasteiger charge is -2.34. The van der Waals surface area contributed by atoms with E-state index in [-0.39, 0.29) is 11.8 Å². The lowest BCUT2D eigenvalue weighted by molar-refractivity contribution is -0.126. The fraction of sp³-hybridized carbons (Fsp3) is 0.412. The maximum Gasteiger partial charge on any atom is 0.255 e. The normalized spacial score (nSPS) is 17.6. The summed E-state index contributed by atoms with van der Waals surface area (Å²) >= 11 is 0. The summed E-state index contributed by atoms with van der Waals surface area (Å²) in [6.45, 7) is 6.11. The van der Waals surface area contributed by atoms with Crippen LogP contribution in [0.4, 0.5) is 5.82 Å². The Hall–Kier alpha value is -2.90. The Bertz CT molecular complexity index is 833. The molecule has 0 aromatic carbocycles. The number of carbonyl (C=O) groups is 2. The number of fused-ring (bicyclic) bond motifs is 1. The first kappa shape index (κ1) is 15.6. The van der Waals surface area contributed by atoms with E-state index < -0.39 is 0 Å². The van der Waals surface area contributed by atoms with Gasteiger partial charge in [-0.25, -0.2) is 9.97 Å². The van der Waals surface area contributed by atoms with Gasteiger partial charge in [0.25, 0.3) is 5.91 Å².